The molecule has 0 aromatic heterocycles. The second-order valence-electron chi connectivity index (χ2n) is 7.05. The van der Waals surface area contributed by atoms with Crippen LogP contribution in [0.5, 0.6) is 17.2 Å². The largest absolute Gasteiger partial charge is 0.497 e. The Bertz CT molecular complexity index is 866. The van der Waals surface area contributed by atoms with Gasteiger partial charge in [0.25, 0.3) is 0 Å². The molecule has 0 bridgehead atoms. The summed E-state index contributed by atoms with van der Waals surface area (Å²) >= 11 is 6.39. The van der Waals surface area contributed by atoms with Gasteiger partial charge in [-0.25, -0.2) is 4.79 Å². The van der Waals surface area contributed by atoms with Crippen LogP contribution in [0.25, 0.3) is 0 Å². The van der Waals surface area contributed by atoms with Crippen molar-refractivity contribution in [3.05, 3.63) is 47.0 Å². The van der Waals surface area contributed by atoms with Crippen LogP contribution in [-0.2, 0) is 11.3 Å². The van der Waals surface area contributed by atoms with E-state index in [1.807, 2.05) is 24.3 Å². The zero-order valence-electron chi connectivity index (χ0n) is 16.1. The van der Waals surface area contributed by atoms with Gasteiger partial charge in [-0.2, -0.15) is 0 Å². The van der Waals surface area contributed by atoms with Crippen LogP contribution in [0.4, 0.5) is 10.5 Å². The molecule has 7 nitrogen and oxygen atoms in total. The fourth-order valence-electron chi connectivity index (χ4n) is 2.66. The summed E-state index contributed by atoms with van der Waals surface area (Å²) in [5, 5.41) is 6.08. The van der Waals surface area contributed by atoms with Crippen molar-refractivity contribution in [3.8, 4) is 17.2 Å². The molecule has 2 N–H and O–H groups in total. The maximum Gasteiger partial charge on any atom is 0.319 e. The number of urea groups is 1. The summed E-state index contributed by atoms with van der Waals surface area (Å²) < 4.78 is 22.1. The Morgan fingerprint density at radius 3 is 2.59 bits per heavy atom. The van der Waals surface area contributed by atoms with Crippen molar-refractivity contribution in [2.75, 3.05) is 25.6 Å². The Labute approximate surface area is 174 Å². The summed E-state index contributed by atoms with van der Waals surface area (Å²) in [6.07, 6.45) is 2.10. The highest BCUT2D eigenvalue weighted by molar-refractivity contribution is 6.32. The van der Waals surface area contributed by atoms with Crippen LogP contribution in [-0.4, -0.2) is 38.5 Å². The second kappa shape index (κ2) is 8.80. The summed E-state index contributed by atoms with van der Waals surface area (Å²) in [7, 11) is 1.62. The number of benzene rings is 2. The lowest BCUT2D eigenvalue weighted by atomic mass is 10.2. The van der Waals surface area contributed by atoms with E-state index in [0.717, 1.165) is 24.2 Å². The number of halogens is 1. The van der Waals surface area contributed by atoms with Gasteiger partial charge in [-0.3, -0.25) is 0 Å². The molecular formula is C21H23ClN2O5. The normalized spacial score (nSPS) is 17.4. The molecule has 2 aromatic rings. The third-order valence-electron chi connectivity index (χ3n) is 4.58. The molecule has 1 atom stereocenters. The lowest BCUT2D eigenvalue weighted by molar-refractivity contribution is 0.250. The summed E-state index contributed by atoms with van der Waals surface area (Å²) in [5.74, 6) is 1.74. The molecule has 1 saturated carbocycles. The number of hydrogen-bond donors (Lipinski definition) is 2. The van der Waals surface area contributed by atoms with E-state index >= 15 is 0 Å². The summed E-state index contributed by atoms with van der Waals surface area (Å²) in [4.78, 5) is 12.1. The van der Waals surface area contributed by atoms with Crippen molar-refractivity contribution in [2.24, 2.45) is 0 Å². The van der Waals surface area contributed by atoms with Crippen molar-refractivity contribution < 1.29 is 23.7 Å². The number of nitrogens with one attached hydrogen (secondary N) is 2. The van der Waals surface area contributed by atoms with E-state index in [2.05, 4.69) is 10.6 Å². The quantitative estimate of drug-likeness (QED) is 0.602. The predicted octanol–water partition coefficient (Wildman–Crippen LogP) is 3.99. The highest BCUT2D eigenvalue weighted by Crippen LogP contribution is 2.37. The molecule has 2 amide bonds. The number of carbonyl (C=O) groups excluding carboxylic acids is 1. The Kier molecular flexibility index (Phi) is 5.97. The van der Waals surface area contributed by atoms with Crippen LogP contribution in [0.1, 0.15) is 18.4 Å². The number of epoxide rings is 1. The van der Waals surface area contributed by atoms with Gasteiger partial charge in [0.2, 0.25) is 0 Å². The molecule has 8 heteroatoms. The average Bonchev–Trinajstić information content (AvgIpc) is 3.63. The van der Waals surface area contributed by atoms with E-state index < -0.39 is 0 Å². The Balaban J connectivity index is 1.46. The molecule has 1 aliphatic heterocycles. The minimum Gasteiger partial charge on any atom is -0.497 e. The molecule has 2 aliphatic rings. The minimum atomic E-state index is -0.275. The second-order valence-corrected chi connectivity index (χ2v) is 7.46. The number of ether oxygens (including phenoxy) is 4. The van der Waals surface area contributed by atoms with Crippen molar-refractivity contribution in [1.82, 2.24) is 5.32 Å². The zero-order valence-corrected chi connectivity index (χ0v) is 16.8. The lowest BCUT2D eigenvalue weighted by Gasteiger charge is -2.16. The number of rotatable bonds is 9. The summed E-state index contributed by atoms with van der Waals surface area (Å²) in [5.41, 5.74) is 1.47. The first-order valence-corrected chi connectivity index (χ1v) is 9.89. The molecule has 1 saturated heterocycles. The Morgan fingerprint density at radius 2 is 1.93 bits per heavy atom. The van der Waals surface area contributed by atoms with Crippen LogP contribution < -0.4 is 24.8 Å². The van der Waals surface area contributed by atoms with Gasteiger partial charge in [0.05, 0.1) is 24.4 Å². The summed E-state index contributed by atoms with van der Waals surface area (Å²) in [6, 6.07) is 10.9. The highest BCUT2D eigenvalue weighted by atomic mass is 35.5. The van der Waals surface area contributed by atoms with Gasteiger partial charge in [0.15, 0.2) is 0 Å². The average molecular weight is 419 g/mol. The molecule has 0 unspecified atom stereocenters. The summed E-state index contributed by atoms with van der Waals surface area (Å²) in [6.45, 7) is 1.42. The van der Waals surface area contributed by atoms with Gasteiger partial charge < -0.3 is 29.6 Å². The molecule has 2 aromatic carbocycles. The van der Waals surface area contributed by atoms with Gasteiger partial charge in [0.1, 0.15) is 36.6 Å². The lowest BCUT2D eigenvalue weighted by Crippen LogP contribution is -2.30. The molecule has 2 fully saturated rings. The zero-order chi connectivity index (χ0) is 20.2. The monoisotopic (exact) mass is 418 g/mol. The molecule has 4 rings (SSSR count). The van der Waals surface area contributed by atoms with Crippen LogP contribution in [0.15, 0.2) is 36.4 Å². The van der Waals surface area contributed by atoms with Crippen molar-refractivity contribution in [2.45, 2.75) is 31.6 Å². The van der Waals surface area contributed by atoms with Crippen LogP contribution >= 0.6 is 11.6 Å². The molecule has 29 heavy (non-hydrogen) atoms. The molecule has 1 aliphatic carbocycles. The standard InChI is InChI=1S/C21H23ClN2O5/c1-26-15-6-2-13(3-7-15)10-28-19-9-20(29-12-16-11-27-16)18(8-17(19)22)24-21(25)23-14-4-5-14/h2-3,6-9,14,16H,4-5,10-12H2,1H3,(H2,23,24,25)/t16-/m0/s1. The van der Waals surface area contributed by atoms with Crippen LogP contribution in [0, 0.1) is 0 Å². The van der Waals surface area contributed by atoms with E-state index in [4.69, 9.17) is 30.5 Å². The fraction of sp³-hybridized carbons (Fsp3) is 0.381. The fourth-order valence-corrected chi connectivity index (χ4v) is 2.88. The van der Waals surface area contributed by atoms with Crippen LogP contribution in [0.2, 0.25) is 5.02 Å². The van der Waals surface area contributed by atoms with Gasteiger partial charge in [-0.1, -0.05) is 23.7 Å². The molecular weight excluding hydrogens is 396 g/mol. The molecule has 0 radical (unpaired) electrons. The topological polar surface area (TPSA) is 81.3 Å². The maximum atomic E-state index is 12.1. The van der Waals surface area contributed by atoms with Gasteiger partial charge >= 0.3 is 6.03 Å². The van der Waals surface area contributed by atoms with Crippen molar-refractivity contribution in [1.29, 1.82) is 0 Å². The van der Waals surface area contributed by atoms with E-state index in [1.54, 1.807) is 19.2 Å². The maximum absolute atomic E-state index is 12.1. The van der Waals surface area contributed by atoms with Gasteiger partial charge in [0, 0.05) is 12.1 Å². The number of anilines is 1. The van der Waals surface area contributed by atoms with Gasteiger partial charge in [-0.05, 0) is 36.6 Å². The smallest absolute Gasteiger partial charge is 0.319 e. The number of hydrogen-bond acceptors (Lipinski definition) is 5. The van der Waals surface area contributed by atoms with Crippen LogP contribution in [0.3, 0.4) is 0 Å². The third-order valence-corrected chi connectivity index (χ3v) is 4.87. The predicted molar refractivity (Wildman–Crippen MR) is 109 cm³/mol. The minimum absolute atomic E-state index is 0.0856. The third kappa shape index (κ3) is 5.68. The number of amides is 2. The first-order chi connectivity index (χ1) is 14.1. The van der Waals surface area contributed by atoms with Crippen molar-refractivity contribution in [3.63, 3.8) is 0 Å². The molecule has 154 valence electrons. The van der Waals surface area contributed by atoms with Gasteiger partial charge in [-0.15, -0.1) is 0 Å². The Morgan fingerprint density at radius 1 is 1.17 bits per heavy atom. The Hall–Kier alpha value is -2.64. The molecule has 1 heterocycles. The first kappa shape index (κ1) is 19.7. The number of methoxy groups -OCH3 is 1. The molecule has 0 spiro atoms. The highest BCUT2D eigenvalue weighted by Gasteiger charge is 2.26. The number of carbonyl (C=O) groups is 1. The SMILES string of the molecule is COc1ccc(COc2cc(OC[C@@H]3CO3)c(NC(=O)NC3CC3)cc2Cl)cc1. The van der Waals surface area contributed by atoms with E-state index in [9.17, 15) is 4.79 Å². The van der Waals surface area contributed by atoms with E-state index in [1.165, 1.54) is 0 Å². The van der Waals surface area contributed by atoms with E-state index in [0.29, 0.717) is 42.0 Å². The van der Waals surface area contributed by atoms with Crippen molar-refractivity contribution >= 4 is 23.3 Å². The van der Waals surface area contributed by atoms with E-state index in [-0.39, 0.29) is 18.2 Å². The first-order valence-electron chi connectivity index (χ1n) is 9.52.